The van der Waals surface area contributed by atoms with Gasteiger partial charge in [-0.2, -0.15) is 0 Å². The zero-order valence-electron chi connectivity index (χ0n) is 17.6. The largest absolute Gasteiger partial charge is 0.508 e. The van der Waals surface area contributed by atoms with Gasteiger partial charge in [-0.05, 0) is 69.2 Å². The minimum atomic E-state index is 0.329. The van der Waals surface area contributed by atoms with E-state index >= 15 is 0 Å². The van der Waals surface area contributed by atoms with Crippen LogP contribution in [0.25, 0.3) is 0 Å². The molecule has 0 atom stereocenters. The first kappa shape index (κ1) is 22.0. The maximum Gasteiger partial charge on any atom is 0.222 e. The predicted octanol–water partition coefficient (Wildman–Crippen LogP) is 7.08. The van der Waals surface area contributed by atoms with Gasteiger partial charge in [-0.1, -0.05) is 61.0 Å². The normalized spacial score (nSPS) is 10.7. The second-order valence-electron chi connectivity index (χ2n) is 6.96. The molecule has 29 heavy (non-hydrogen) atoms. The molecule has 0 aromatic heterocycles. The van der Waals surface area contributed by atoms with Gasteiger partial charge in [0, 0.05) is 5.57 Å². The molecule has 3 rings (SSSR count). The van der Waals surface area contributed by atoms with E-state index in [2.05, 4.69) is 18.5 Å². The Bertz CT molecular complexity index is 934. The van der Waals surface area contributed by atoms with Crippen molar-refractivity contribution in [2.45, 2.75) is 34.1 Å². The van der Waals surface area contributed by atoms with Crippen molar-refractivity contribution >= 4 is 11.6 Å². The minimum Gasteiger partial charge on any atom is -0.508 e. The highest BCUT2D eigenvalue weighted by Gasteiger charge is 2.07. The molecule has 3 nitrogen and oxygen atoms in total. The van der Waals surface area contributed by atoms with Gasteiger partial charge < -0.3 is 9.84 Å². The van der Waals surface area contributed by atoms with E-state index in [1.807, 2.05) is 81.4 Å². The third-order valence-electron chi connectivity index (χ3n) is 4.23. The number of hydrogen-bond donors (Lipinski definition) is 1. The maximum absolute atomic E-state index is 8.76. The summed E-state index contributed by atoms with van der Waals surface area (Å²) >= 11 is 0. The maximum atomic E-state index is 8.76. The van der Waals surface area contributed by atoms with Crippen LogP contribution in [0.1, 0.15) is 30.0 Å². The Hall–Kier alpha value is -3.33. The Morgan fingerprint density at radius 3 is 1.97 bits per heavy atom. The van der Waals surface area contributed by atoms with Crippen molar-refractivity contribution in [3.05, 3.63) is 102 Å². The summed E-state index contributed by atoms with van der Waals surface area (Å²) in [5, 5.41) is 8.76. The topological polar surface area (TPSA) is 41.8 Å². The van der Waals surface area contributed by atoms with Crippen LogP contribution in [-0.2, 0) is 0 Å². The van der Waals surface area contributed by atoms with Crippen LogP contribution in [0.3, 0.4) is 0 Å². The first-order chi connectivity index (χ1) is 13.9. The molecule has 0 aliphatic rings. The number of hydrogen-bond acceptors (Lipinski definition) is 3. The molecule has 0 amide bonds. The fourth-order valence-electron chi connectivity index (χ4n) is 2.40. The lowest BCUT2D eigenvalue weighted by Gasteiger charge is -2.11. The van der Waals surface area contributed by atoms with Gasteiger partial charge in [0.1, 0.15) is 11.5 Å². The average Bonchev–Trinajstić information content (AvgIpc) is 2.71. The van der Waals surface area contributed by atoms with Crippen LogP contribution in [-0.4, -0.2) is 11.0 Å². The lowest BCUT2D eigenvalue weighted by molar-refractivity contribution is 0.475. The highest BCUT2D eigenvalue weighted by atomic mass is 16.5. The van der Waals surface area contributed by atoms with Crippen LogP contribution in [0.4, 0.5) is 5.69 Å². The Morgan fingerprint density at radius 2 is 1.45 bits per heavy atom. The molecule has 0 aliphatic heterocycles. The van der Waals surface area contributed by atoms with E-state index in [1.54, 1.807) is 12.1 Å². The molecule has 3 heteroatoms. The highest BCUT2D eigenvalue weighted by molar-refractivity contribution is 5.96. The summed E-state index contributed by atoms with van der Waals surface area (Å²) in [7, 11) is 0. The molecule has 0 fully saturated rings. The molecule has 0 spiro atoms. The van der Waals surface area contributed by atoms with E-state index in [1.165, 1.54) is 11.1 Å². The van der Waals surface area contributed by atoms with Gasteiger partial charge in [-0.15, -0.1) is 0 Å². The van der Waals surface area contributed by atoms with Crippen molar-refractivity contribution in [2.24, 2.45) is 4.99 Å². The van der Waals surface area contributed by atoms with Crippen molar-refractivity contribution in [3.63, 3.8) is 0 Å². The van der Waals surface area contributed by atoms with Crippen molar-refractivity contribution in [1.82, 2.24) is 0 Å². The van der Waals surface area contributed by atoms with Crippen molar-refractivity contribution in [1.29, 1.82) is 0 Å². The molecule has 0 saturated heterocycles. The van der Waals surface area contributed by atoms with Gasteiger partial charge in [0.15, 0.2) is 0 Å². The SMILES string of the molecule is C=C(CC)C(=Nc1ccc(C)cc1)Oc1cccc(C)c1.Cc1ccc(O)cc1. The van der Waals surface area contributed by atoms with Crippen molar-refractivity contribution in [2.75, 3.05) is 0 Å². The molecule has 0 radical (unpaired) electrons. The first-order valence-corrected chi connectivity index (χ1v) is 9.71. The second kappa shape index (κ2) is 10.9. The average molecular weight is 388 g/mol. The number of benzene rings is 3. The Balaban J connectivity index is 0.000000313. The predicted molar refractivity (Wildman–Crippen MR) is 122 cm³/mol. The van der Waals surface area contributed by atoms with Crippen LogP contribution in [0, 0.1) is 20.8 Å². The number of phenols is 1. The summed E-state index contributed by atoms with van der Waals surface area (Å²) in [5.74, 6) is 1.69. The highest BCUT2D eigenvalue weighted by Crippen LogP contribution is 2.19. The molecular formula is C26H29NO2. The van der Waals surface area contributed by atoms with Gasteiger partial charge in [-0.3, -0.25) is 0 Å². The van der Waals surface area contributed by atoms with E-state index in [4.69, 9.17) is 9.84 Å². The summed E-state index contributed by atoms with van der Waals surface area (Å²) in [5.41, 5.74) is 5.30. The standard InChI is InChI=1S/C19H21NO.C7H8O/c1-5-16(4)19(20-17-11-9-14(2)10-12-17)21-18-8-6-7-15(3)13-18;1-6-2-4-7(8)5-3-6/h6-13H,4-5H2,1-3H3;2-5,8H,1H3. The zero-order chi connectivity index (χ0) is 21.2. The zero-order valence-corrected chi connectivity index (χ0v) is 17.6. The number of aliphatic imine (C=N–C) groups is 1. The fourth-order valence-corrected chi connectivity index (χ4v) is 2.40. The van der Waals surface area contributed by atoms with E-state index < -0.39 is 0 Å². The lowest BCUT2D eigenvalue weighted by atomic mass is 10.2. The van der Waals surface area contributed by atoms with E-state index in [0.29, 0.717) is 11.6 Å². The fraction of sp³-hybridized carbons (Fsp3) is 0.192. The number of nitrogens with zero attached hydrogens (tertiary/aromatic N) is 1. The smallest absolute Gasteiger partial charge is 0.222 e. The van der Waals surface area contributed by atoms with Gasteiger partial charge >= 0.3 is 0 Å². The van der Waals surface area contributed by atoms with Gasteiger partial charge in [-0.25, -0.2) is 4.99 Å². The summed E-state index contributed by atoms with van der Waals surface area (Å²) in [6.45, 7) is 12.2. The minimum absolute atomic E-state index is 0.329. The quantitative estimate of drug-likeness (QED) is 0.384. The number of rotatable bonds is 4. The number of ether oxygens (including phenoxy) is 1. The van der Waals surface area contributed by atoms with Crippen LogP contribution < -0.4 is 4.74 Å². The van der Waals surface area contributed by atoms with E-state index in [9.17, 15) is 0 Å². The molecule has 0 bridgehead atoms. The molecule has 150 valence electrons. The summed E-state index contributed by atoms with van der Waals surface area (Å²) < 4.78 is 5.93. The Kier molecular flexibility index (Phi) is 8.23. The van der Waals surface area contributed by atoms with E-state index in [0.717, 1.165) is 29.0 Å². The monoisotopic (exact) mass is 387 g/mol. The molecule has 1 N–H and O–H groups in total. The molecule has 0 aliphatic carbocycles. The van der Waals surface area contributed by atoms with E-state index in [-0.39, 0.29) is 0 Å². The number of aromatic hydroxyl groups is 1. The molecule has 3 aromatic carbocycles. The van der Waals surface area contributed by atoms with Gasteiger partial charge in [0.05, 0.1) is 5.69 Å². The molecule has 0 unspecified atom stereocenters. The van der Waals surface area contributed by atoms with Gasteiger partial charge in [0.2, 0.25) is 5.90 Å². The van der Waals surface area contributed by atoms with Crippen LogP contribution in [0.5, 0.6) is 11.5 Å². The number of aryl methyl sites for hydroxylation is 3. The molecule has 3 aromatic rings. The third kappa shape index (κ3) is 7.67. The molecule has 0 heterocycles. The van der Waals surface area contributed by atoms with Gasteiger partial charge in [0.25, 0.3) is 0 Å². The Labute approximate surface area is 174 Å². The number of phenolic OH excluding ortho intramolecular Hbond substituents is 1. The lowest BCUT2D eigenvalue weighted by Crippen LogP contribution is -2.10. The van der Waals surface area contributed by atoms with Crippen LogP contribution in [0.2, 0.25) is 0 Å². The summed E-state index contributed by atoms with van der Waals surface area (Å²) in [6.07, 6.45) is 0.802. The Morgan fingerprint density at radius 1 is 0.862 bits per heavy atom. The molecule has 0 saturated carbocycles. The van der Waals surface area contributed by atoms with Crippen molar-refractivity contribution in [3.8, 4) is 11.5 Å². The van der Waals surface area contributed by atoms with Crippen molar-refractivity contribution < 1.29 is 9.84 Å². The second-order valence-corrected chi connectivity index (χ2v) is 6.96. The van der Waals surface area contributed by atoms with Crippen LogP contribution >= 0.6 is 0 Å². The summed E-state index contributed by atoms with van der Waals surface area (Å²) in [6, 6.07) is 23.1. The summed E-state index contributed by atoms with van der Waals surface area (Å²) in [4.78, 5) is 4.59. The third-order valence-corrected chi connectivity index (χ3v) is 4.23. The van der Waals surface area contributed by atoms with Crippen LogP contribution in [0.15, 0.2) is 89.9 Å². The first-order valence-electron chi connectivity index (χ1n) is 9.71. The molecular weight excluding hydrogens is 358 g/mol.